The van der Waals surface area contributed by atoms with E-state index >= 15 is 0 Å². The monoisotopic (exact) mass is 231 g/mol. The molecule has 0 heterocycles. The van der Waals surface area contributed by atoms with Gasteiger partial charge in [0.15, 0.2) is 0 Å². The number of hydrogen-bond donors (Lipinski definition) is 0. The highest BCUT2D eigenvalue weighted by Gasteiger charge is 2.32. The molecule has 0 aromatic heterocycles. The third kappa shape index (κ3) is 2.73. The standard InChI is InChI=1S/C14H17NO2/c1-2-15(14(17)11-7-8-11)9-12-5-3-4-6-13(12)10-16/h3-6,10-11H,2,7-9H2,1H3. The van der Waals surface area contributed by atoms with Gasteiger partial charge in [-0.2, -0.15) is 0 Å². The summed E-state index contributed by atoms with van der Waals surface area (Å²) in [5, 5.41) is 0. The Bertz CT molecular complexity index is 424. The summed E-state index contributed by atoms with van der Waals surface area (Å²) < 4.78 is 0. The first-order valence-electron chi connectivity index (χ1n) is 6.08. The lowest BCUT2D eigenvalue weighted by Crippen LogP contribution is -2.31. The molecule has 90 valence electrons. The van der Waals surface area contributed by atoms with Gasteiger partial charge < -0.3 is 4.90 Å². The Morgan fingerprint density at radius 2 is 2.12 bits per heavy atom. The molecule has 1 amide bonds. The molecule has 1 fully saturated rings. The Morgan fingerprint density at radius 3 is 2.71 bits per heavy atom. The van der Waals surface area contributed by atoms with Crippen molar-refractivity contribution in [3.63, 3.8) is 0 Å². The quantitative estimate of drug-likeness (QED) is 0.729. The van der Waals surface area contributed by atoms with Gasteiger partial charge in [0.25, 0.3) is 0 Å². The average Bonchev–Trinajstić information content (AvgIpc) is 3.19. The van der Waals surface area contributed by atoms with Gasteiger partial charge in [-0.25, -0.2) is 0 Å². The Labute approximate surface area is 101 Å². The molecule has 1 aliphatic carbocycles. The first-order chi connectivity index (χ1) is 8.26. The predicted molar refractivity (Wildman–Crippen MR) is 65.6 cm³/mol. The van der Waals surface area contributed by atoms with E-state index in [1.54, 1.807) is 6.07 Å². The van der Waals surface area contributed by atoms with Gasteiger partial charge in [0.05, 0.1) is 0 Å². The molecule has 0 aliphatic heterocycles. The summed E-state index contributed by atoms with van der Waals surface area (Å²) in [5.74, 6) is 0.464. The normalized spacial score (nSPS) is 14.4. The van der Waals surface area contributed by atoms with Crippen LogP contribution < -0.4 is 0 Å². The van der Waals surface area contributed by atoms with Crippen LogP contribution in [-0.4, -0.2) is 23.6 Å². The third-order valence-corrected chi connectivity index (χ3v) is 3.16. The Hall–Kier alpha value is -1.64. The molecule has 0 N–H and O–H groups in total. The zero-order chi connectivity index (χ0) is 12.3. The van der Waals surface area contributed by atoms with Crippen LogP contribution in [0.2, 0.25) is 0 Å². The van der Waals surface area contributed by atoms with Gasteiger partial charge in [-0.05, 0) is 25.3 Å². The van der Waals surface area contributed by atoms with Gasteiger partial charge in [0, 0.05) is 24.6 Å². The second-order valence-electron chi connectivity index (χ2n) is 4.44. The molecule has 1 aromatic carbocycles. The molecule has 0 spiro atoms. The van der Waals surface area contributed by atoms with E-state index in [-0.39, 0.29) is 11.8 Å². The molecule has 0 saturated heterocycles. The number of nitrogens with zero attached hydrogens (tertiary/aromatic N) is 1. The topological polar surface area (TPSA) is 37.4 Å². The van der Waals surface area contributed by atoms with E-state index in [4.69, 9.17) is 0 Å². The minimum Gasteiger partial charge on any atom is -0.338 e. The number of aldehydes is 1. The summed E-state index contributed by atoms with van der Waals surface area (Å²) in [6, 6.07) is 7.44. The van der Waals surface area contributed by atoms with E-state index in [9.17, 15) is 9.59 Å². The lowest BCUT2D eigenvalue weighted by molar-refractivity contribution is -0.132. The van der Waals surface area contributed by atoms with E-state index in [0.29, 0.717) is 18.7 Å². The fourth-order valence-electron chi connectivity index (χ4n) is 1.93. The fourth-order valence-corrected chi connectivity index (χ4v) is 1.93. The van der Waals surface area contributed by atoms with Crippen molar-refractivity contribution in [3.05, 3.63) is 35.4 Å². The van der Waals surface area contributed by atoms with E-state index < -0.39 is 0 Å². The lowest BCUT2D eigenvalue weighted by Gasteiger charge is -2.21. The van der Waals surface area contributed by atoms with E-state index in [0.717, 1.165) is 24.7 Å². The van der Waals surface area contributed by atoms with Crippen LogP contribution in [0.15, 0.2) is 24.3 Å². The van der Waals surface area contributed by atoms with E-state index in [1.165, 1.54) is 0 Å². The fraction of sp³-hybridized carbons (Fsp3) is 0.429. The number of carbonyl (C=O) groups excluding carboxylic acids is 2. The number of hydrogen-bond acceptors (Lipinski definition) is 2. The molecule has 2 rings (SSSR count). The zero-order valence-electron chi connectivity index (χ0n) is 10.1. The van der Waals surface area contributed by atoms with Crippen LogP contribution >= 0.6 is 0 Å². The maximum Gasteiger partial charge on any atom is 0.225 e. The molecule has 0 atom stereocenters. The highest BCUT2D eigenvalue weighted by molar-refractivity contribution is 5.82. The molecule has 3 nitrogen and oxygen atoms in total. The Morgan fingerprint density at radius 1 is 1.41 bits per heavy atom. The molecule has 0 radical (unpaired) electrons. The maximum absolute atomic E-state index is 12.0. The molecule has 1 saturated carbocycles. The van der Waals surface area contributed by atoms with Crippen molar-refractivity contribution in [1.82, 2.24) is 4.90 Å². The van der Waals surface area contributed by atoms with Gasteiger partial charge in [0.2, 0.25) is 5.91 Å². The van der Waals surface area contributed by atoms with Gasteiger partial charge in [-0.1, -0.05) is 24.3 Å². The molecular weight excluding hydrogens is 214 g/mol. The molecule has 17 heavy (non-hydrogen) atoms. The number of carbonyl (C=O) groups is 2. The first kappa shape index (κ1) is 11.8. The van der Waals surface area contributed by atoms with Crippen molar-refractivity contribution in [1.29, 1.82) is 0 Å². The van der Waals surface area contributed by atoms with Crippen LogP contribution in [0.4, 0.5) is 0 Å². The van der Waals surface area contributed by atoms with Gasteiger partial charge in [0.1, 0.15) is 6.29 Å². The van der Waals surface area contributed by atoms with Crippen LogP contribution in [0.1, 0.15) is 35.7 Å². The van der Waals surface area contributed by atoms with Crippen LogP contribution in [0.5, 0.6) is 0 Å². The van der Waals surface area contributed by atoms with Crippen molar-refractivity contribution in [2.45, 2.75) is 26.3 Å². The summed E-state index contributed by atoms with van der Waals surface area (Å²) in [6.07, 6.45) is 2.89. The minimum atomic E-state index is 0.230. The SMILES string of the molecule is CCN(Cc1ccccc1C=O)C(=O)C1CC1. The second-order valence-corrected chi connectivity index (χ2v) is 4.44. The molecule has 1 aliphatic rings. The molecular formula is C14H17NO2. The van der Waals surface area contributed by atoms with Crippen molar-refractivity contribution in [2.75, 3.05) is 6.54 Å². The number of benzene rings is 1. The predicted octanol–water partition coefficient (Wildman–Crippen LogP) is 2.26. The first-order valence-corrected chi connectivity index (χ1v) is 6.08. The summed E-state index contributed by atoms with van der Waals surface area (Å²) in [6.45, 7) is 3.22. The Balaban J connectivity index is 2.11. The zero-order valence-corrected chi connectivity index (χ0v) is 10.1. The smallest absolute Gasteiger partial charge is 0.225 e. The molecule has 0 unspecified atom stereocenters. The van der Waals surface area contributed by atoms with Crippen LogP contribution in [0.3, 0.4) is 0 Å². The summed E-state index contributed by atoms with van der Waals surface area (Å²) in [7, 11) is 0. The molecule has 1 aromatic rings. The minimum absolute atomic E-state index is 0.230. The summed E-state index contributed by atoms with van der Waals surface area (Å²) >= 11 is 0. The van der Waals surface area contributed by atoms with E-state index in [1.807, 2.05) is 30.0 Å². The van der Waals surface area contributed by atoms with Crippen LogP contribution in [-0.2, 0) is 11.3 Å². The van der Waals surface area contributed by atoms with Crippen molar-refractivity contribution < 1.29 is 9.59 Å². The number of amides is 1. The van der Waals surface area contributed by atoms with Gasteiger partial charge >= 0.3 is 0 Å². The van der Waals surface area contributed by atoms with Gasteiger partial charge in [-0.3, -0.25) is 9.59 Å². The largest absolute Gasteiger partial charge is 0.338 e. The Kier molecular flexibility index (Phi) is 3.57. The summed E-state index contributed by atoms with van der Waals surface area (Å²) in [4.78, 5) is 24.7. The molecule has 0 bridgehead atoms. The van der Waals surface area contributed by atoms with Crippen LogP contribution in [0.25, 0.3) is 0 Å². The summed E-state index contributed by atoms with van der Waals surface area (Å²) in [5.41, 5.74) is 1.60. The third-order valence-electron chi connectivity index (χ3n) is 3.16. The lowest BCUT2D eigenvalue weighted by atomic mass is 10.1. The van der Waals surface area contributed by atoms with Crippen molar-refractivity contribution >= 4 is 12.2 Å². The molecule has 3 heteroatoms. The second kappa shape index (κ2) is 5.13. The van der Waals surface area contributed by atoms with Crippen LogP contribution in [0, 0.1) is 5.92 Å². The maximum atomic E-state index is 12.0. The average molecular weight is 231 g/mol. The highest BCUT2D eigenvalue weighted by atomic mass is 16.2. The van der Waals surface area contributed by atoms with E-state index in [2.05, 4.69) is 0 Å². The highest BCUT2D eigenvalue weighted by Crippen LogP contribution is 2.31. The van der Waals surface area contributed by atoms with Gasteiger partial charge in [-0.15, -0.1) is 0 Å². The van der Waals surface area contributed by atoms with Crippen molar-refractivity contribution in [3.8, 4) is 0 Å². The number of rotatable bonds is 5. The van der Waals surface area contributed by atoms with Crippen molar-refractivity contribution in [2.24, 2.45) is 5.92 Å².